The van der Waals surface area contributed by atoms with E-state index in [9.17, 15) is 14.4 Å². The van der Waals surface area contributed by atoms with E-state index in [1.165, 1.54) is 4.90 Å². The summed E-state index contributed by atoms with van der Waals surface area (Å²) in [4.78, 5) is 38.7. The van der Waals surface area contributed by atoms with E-state index in [0.717, 1.165) is 12.0 Å². The summed E-state index contributed by atoms with van der Waals surface area (Å²) in [5, 5.41) is 8.99. The van der Waals surface area contributed by atoms with Crippen LogP contribution in [0.1, 0.15) is 35.7 Å². The van der Waals surface area contributed by atoms with Gasteiger partial charge in [0.15, 0.2) is 0 Å². The molecule has 0 atom stereocenters. The number of amides is 2. The molecule has 1 aromatic rings. The van der Waals surface area contributed by atoms with Gasteiger partial charge in [0.25, 0.3) is 5.91 Å². The molecule has 24 heavy (non-hydrogen) atoms. The second kappa shape index (κ2) is 7.95. The van der Waals surface area contributed by atoms with E-state index in [4.69, 9.17) is 5.11 Å². The molecule has 6 heteroatoms. The number of carboxylic acid groups (broad SMARTS) is 1. The van der Waals surface area contributed by atoms with Crippen molar-refractivity contribution in [3.05, 3.63) is 35.4 Å². The Bertz CT molecular complexity index is 604. The predicted octanol–water partition coefficient (Wildman–Crippen LogP) is 1.64. The predicted molar refractivity (Wildman–Crippen MR) is 89.7 cm³/mol. The lowest BCUT2D eigenvalue weighted by atomic mass is 9.97. The van der Waals surface area contributed by atoms with Crippen molar-refractivity contribution in [1.82, 2.24) is 9.80 Å². The highest BCUT2D eigenvalue weighted by molar-refractivity contribution is 5.96. The summed E-state index contributed by atoms with van der Waals surface area (Å²) in [5.41, 5.74) is 1.72. The number of aliphatic carboxylic acids is 1. The zero-order chi connectivity index (χ0) is 17.7. The number of piperidine rings is 1. The molecule has 1 fully saturated rings. The SMILES string of the molecule is CCc1ccc(C(=O)N(C)CC(=O)N2CCC(C(=O)O)CC2)cc1. The van der Waals surface area contributed by atoms with Crippen LogP contribution in [0.3, 0.4) is 0 Å². The number of carbonyl (C=O) groups excluding carboxylic acids is 2. The van der Waals surface area contributed by atoms with Crippen molar-refractivity contribution in [2.75, 3.05) is 26.7 Å². The van der Waals surface area contributed by atoms with E-state index in [1.807, 2.05) is 12.1 Å². The summed E-state index contributed by atoms with van der Waals surface area (Å²) in [6.07, 6.45) is 1.85. The van der Waals surface area contributed by atoms with E-state index in [1.54, 1.807) is 24.1 Å². The first kappa shape index (κ1) is 18.0. The second-order valence-electron chi connectivity index (χ2n) is 6.20. The Morgan fingerprint density at radius 2 is 1.75 bits per heavy atom. The molecule has 1 saturated heterocycles. The molecule has 0 radical (unpaired) electrons. The van der Waals surface area contributed by atoms with Crippen LogP contribution in [0.5, 0.6) is 0 Å². The molecular weight excluding hydrogens is 308 g/mol. The lowest BCUT2D eigenvalue weighted by Crippen LogP contribution is -2.45. The number of likely N-dealkylation sites (N-methyl/N-ethyl adjacent to an activating group) is 1. The summed E-state index contributed by atoms with van der Waals surface area (Å²) in [6, 6.07) is 7.39. The number of nitrogens with zero attached hydrogens (tertiary/aromatic N) is 2. The van der Waals surface area contributed by atoms with Crippen molar-refractivity contribution in [3.63, 3.8) is 0 Å². The van der Waals surface area contributed by atoms with E-state index in [0.29, 0.717) is 31.5 Å². The molecule has 6 nitrogen and oxygen atoms in total. The van der Waals surface area contributed by atoms with Crippen LogP contribution in [0.4, 0.5) is 0 Å². The standard InChI is InChI=1S/C18H24N2O4/c1-3-13-4-6-14(7-5-13)17(22)19(2)12-16(21)20-10-8-15(9-11-20)18(23)24/h4-7,15H,3,8-12H2,1-2H3,(H,23,24). The van der Waals surface area contributed by atoms with Crippen molar-refractivity contribution in [1.29, 1.82) is 0 Å². The average molecular weight is 332 g/mol. The van der Waals surface area contributed by atoms with Crippen molar-refractivity contribution >= 4 is 17.8 Å². The van der Waals surface area contributed by atoms with Crippen LogP contribution in [0.25, 0.3) is 0 Å². The van der Waals surface area contributed by atoms with Gasteiger partial charge in [0, 0.05) is 25.7 Å². The van der Waals surface area contributed by atoms with Crippen molar-refractivity contribution in [2.24, 2.45) is 5.92 Å². The Kier molecular flexibility index (Phi) is 5.95. The highest BCUT2D eigenvalue weighted by atomic mass is 16.4. The van der Waals surface area contributed by atoms with Gasteiger partial charge in [0.05, 0.1) is 12.5 Å². The fraction of sp³-hybridized carbons (Fsp3) is 0.500. The summed E-state index contributed by atoms with van der Waals surface area (Å²) in [5.74, 6) is -1.50. The maximum absolute atomic E-state index is 12.4. The highest BCUT2D eigenvalue weighted by Crippen LogP contribution is 2.17. The van der Waals surface area contributed by atoms with Gasteiger partial charge in [-0.1, -0.05) is 19.1 Å². The molecule has 2 amide bonds. The summed E-state index contributed by atoms with van der Waals surface area (Å²) < 4.78 is 0. The van der Waals surface area contributed by atoms with Gasteiger partial charge in [-0.15, -0.1) is 0 Å². The molecule has 0 saturated carbocycles. The lowest BCUT2D eigenvalue weighted by molar-refractivity contribution is -0.145. The van der Waals surface area contributed by atoms with E-state index in [-0.39, 0.29) is 24.3 Å². The van der Waals surface area contributed by atoms with Gasteiger partial charge in [-0.25, -0.2) is 0 Å². The third-order valence-electron chi connectivity index (χ3n) is 4.53. The highest BCUT2D eigenvalue weighted by Gasteiger charge is 2.28. The fourth-order valence-corrected chi connectivity index (χ4v) is 2.85. The molecule has 0 unspecified atom stereocenters. The van der Waals surface area contributed by atoms with Gasteiger partial charge in [0.2, 0.25) is 5.91 Å². The number of aryl methyl sites for hydroxylation is 1. The fourth-order valence-electron chi connectivity index (χ4n) is 2.85. The van der Waals surface area contributed by atoms with Crippen molar-refractivity contribution < 1.29 is 19.5 Å². The number of carbonyl (C=O) groups is 3. The van der Waals surface area contributed by atoms with Crippen molar-refractivity contribution in [2.45, 2.75) is 26.2 Å². The molecule has 130 valence electrons. The Morgan fingerprint density at radius 3 is 2.25 bits per heavy atom. The lowest BCUT2D eigenvalue weighted by Gasteiger charge is -2.31. The number of hydrogen-bond acceptors (Lipinski definition) is 3. The molecule has 1 heterocycles. The number of rotatable bonds is 5. The zero-order valence-corrected chi connectivity index (χ0v) is 14.2. The molecular formula is C18H24N2O4. The van der Waals surface area contributed by atoms with Crippen LogP contribution >= 0.6 is 0 Å². The third-order valence-corrected chi connectivity index (χ3v) is 4.53. The number of hydrogen-bond donors (Lipinski definition) is 1. The molecule has 0 aromatic heterocycles. The quantitative estimate of drug-likeness (QED) is 0.889. The number of carboxylic acids is 1. The summed E-state index contributed by atoms with van der Waals surface area (Å²) >= 11 is 0. The zero-order valence-electron chi connectivity index (χ0n) is 14.2. The van der Waals surface area contributed by atoms with Gasteiger partial charge < -0.3 is 14.9 Å². The third kappa shape index (κ3) is 4.34. The molecule has 0 spiro atoms. The average Bonchev–Trinajstić information content (AvgIpc) is 2.61. The molecule has 1 aromatic carbocycles. The maximum Gasteiger partial charge on any atom is 0.306 e. The molecule has 2 rings (SSSR count). The Hall–Kier alpha value is -2.37. The molecule has 1 aliphatic heterocycles. The van der Waals surface area contributed by atoms with Crippen LogP contribution in [0.2, 0.25) is 0 Å². The molecule has 0 bridgehead atoms. The molecule has 1 N–H and O–H groups in total. The topological polar surface area (TPSA) is 77.9 Å². The van der Waals surface area contributed by atoms with Crippen LogP contribution in [-0.2, 0) is 16.0 Å². The molecule has 1 aliphatic rings. The number of benzene rings is 1. The van der Waals surface area contributed by atoms with Gasteiger partial charge >= 0.3 is 5.97 Å². The minimum atomic E-state index is -0.801. The van der Waals surface area contributed by atoms with Gasteiger partial charge in [0.1, 0.15) is 0 Å². The second-order valence-corrected chi connectivity index (χ2v) is 6.20. The largest absolute Gasteiger partial charge is 0.481 e. The first-order valence-corrected chi connectivity index (χ1v) is 8.27. The van der Waals surface area contributed by atoms with Crippen molar-refractivity contribution in [3.8, 4) is 0 Å². The maximum atomic E-state index is 12.4. The van der Waals surface area contributed by atoms with Crippen LogP contribution in [-0.4, -0.2) is 59.4 Å². The Balaban J connectivity index is 1.89. The Labute approximate surface area is 142 Å². The van der Waals surface area contributed by atoms with Gasteiger partial charge in [-0.05, 0) is 37.0 Å². The van der Waals surface area contributed by atoms with E-state index >= 15 is 0 Å². The summed E-state index contributed by atoms with van der Waals surface area (Å²) in [6.45, 7) is 2.92. The monoisotopic (exact) mass is 332 g/mol. The first-order valence-electron chi connectivity index (χ1n) is 8.27. The normalized spacial score (nSPS) is 15.2. The van der Waals surface area contributed by atoms with Gasteiger partial charge in [-0.3, -0.25) is 14.4 Å². The minimum absolute atomic E-state index is 0.00605. The van der Waals surface area contributed by atoms with Crippen LogP contribution < -0.4 is 0 Å². The smallest absolute Gasteiger partial charge is 0.306 e. The van der Waals surface area contributed by atoms with Gasteiger partial charge in [-0.2, -0.15) is 0 Å². The van der Waals surface area contributed by atoms with Crippen LogP contribution in [0, 0.1) is 5.92 Å². The van der Waals surface area contributed by atoms with E-state index < -0.39 is 5.97 Å². The Morgan fingerprint density at radius 1 is 1.17 bits per heavy atom. The minimum Gasteiger partial charge on any atom is -0.481 e. The van der Waals surface area contributed by atoms with E-state index in [2.05, 4.69) is 6.92 Å². The molecule has 0 aliphatic carbocycles. The first-order chi connectivity index (χ1) is 11.4. The summed E-state index contributed by atoms with van der Waals surface area (Å²) in [7, 11) is 1.61. The van der Waals surface area contributed by atoms with Crippen LogP contribution in [0.15, 0.2) is 24.3 Å². The number of likely N-dealkylation sites (tertiary alicyclic amines) is 1.